The molecule has 0 atom stereocenters. The standard InChI is InChI=1S/C16H14F2N2S/c1-2-5-10-6-3-4-7-13(10)20-15-12(19-16(20)21)9-8-11(17)14(15)18/h3-4,6-9H,2,5H2,1H3,(H,19,21). The number of nitrogens with zero attached hydrogens (tertiary/aromatic N) is 1. The minimum Gasteiger partial charge on any atom is -0.330 e. The van der Waals surface area contributed by atoms with Crippen molar-refractivity contribution < 1.29 is 8.78 Å². The number of H-pyrrole nitrogens is 1. The zero-order valence-electron chi connectivity index (χ0n) is 11.5. The van der Waals surface area contributed by atoms with Gasteiger partial charge in [-0.1, -0.05) is 31.5 Å². The Bertz CT molecular complexity index is 864. The first kappa shape index (κ1) is 13.9. The van der Waals surface area contributed by atoms with Crippen LogP contribution in [-0.2, 0) is 6.42 Å². The Kier molecular flexibility index (Phi) is 3.59. The van der Waals surface area contributed by atoms with Gasteiger partial charge in [-0.2, -0.15) is 0 Å². The summed E-state index contributed by atoms with van der Waals surface area (Å²) >= 11 is 5.30. The number of halogens is 2. The van der Waals surface area contributed by atoms with Crippen molar-refractivity contribution in [2.45, 2.75) is 19.8 Å². The summed E-state index contributed by atoms with van der Waals surface area (Å²) in [6.07, 6.45) is 1.81. The highest BCUT2D eigenvalue weighted by atomic mass is 32.1. The SMILES string of the molecule is CCCc1ccccc1-n1c(=S)[nH]c2ccc(F)c(F)c21. The minimum absolute atomic E-state index is 0.156. The van der Waals surface area contributed by atoms with Crippen molar-refractivity contribution in [3.8, 4) is 5.69 Å². The molecule has 0 fully saturated rings. The van der Waals surface area contributed by atoms with Gasteiger partial charge in [0, 0.05) is 0 Å². The summed E-state index contributed by atoms with van der Waals surface area (Å²) in [7, 11) is 0. The van der Waals surface area contributed by atoms with E-state index in [1.807, 2.05) is 24.3 Å². The second-order valence-electron chi connectivity index (χ2n) is 4.90. The topological polar surface area (TPSA) is 20.7 Å². The molecule has 0 aliphatic carbocycles. The molecule has 0 saturated heterocycles. The van der Waals surface area contributed by atoms with Gasteiger partial charge >= 0.3 is 0 Å². The summed E-state index contributed by atoms with van der Waals surface area (Å²) in [5.74, 6) is -1.76. The molecule has 0 bridgehead atoms. The lowest BCUT2D eigenvalue weighted by atomic mass is 10.1. The molecular formula is C16H14F2N2S. The van der Waals surface area contributed by atoms with Crippen LogP contribution >= 0.6 is 12.2 Å². The number of para-hydroxylation sites is 1. The third-order valence-corrected chi connectivity index (χ3v) is 3.77. The maximum absolute atomic E-state index is 14.2. The highest BCUT2D eigenvalue weighted by Gasteiger charge is 2.16. The molecule has 108 valence electrons. The Balaban J connectivity index is 2.38. The van der Waals surface area contributed by atoms with E-state index in [1.165, 1.54) is 6.07 Å². The third-order valence-electron chi connectivity index (χ3n) is 3.49. The molecule has 3 rings (SSSR count). The van der Waals surface area contributed by atoms with Crippen LogP contribution in [-0.4, -0.2) is 9.55 Å². The van der Waals surface area contributed by atoms with Crippen LogP contribution in [0.3, 0.4) is 0 Å². The van der Waals surface area contributed by atoms with E-state index < -0.39 is 11.6 Å². The van der Waals surface area contributed by atoms with Crippen LogP contribution in [0.1, 0.15) is 18.9 Å². The van der Waals surface area contributed by atoms with Gasteiger partial charge < -0.3 is 4.98 Å². The van der Waals surface area contributed by atoms with Gasteiger partial charge in [-0.3, -0.25) is 4.57 Å². The zero-order chi connectivity index (χ0) is 15.0. The Morgan fingerprint density at radius 3 is 2.67 bits per heavy atom. The molecule has 1 N–H and O–H groups in total. The summed E-state index contributed by atoms with van der Waals surface area (Å²) in [4.78, 5) is 2.93. The second-order valence-corrected chi connectivity index (χ2v) is 5.29. The number of hydrogen-bond donors (Lipinski definition) is 1. The molecule has 0 aliphatic heterocycles. The van der Waals surface area contributed by atoms with Crippen LogP contribution in [0.15, 0.2) is 36.4 Å². The molecule has 0 radical (unpaired) electrons. The van der Waals surface area contributed by atoms with Crippen LogP contribution in [0.2, 0.25) is 0 Å². The lowest BCUT2D eigenvalue weighted by molar-refractivity contribution is 0.514. The molecule has 0 saturated carbocycles. The maximum atomic E-state index is 14.2. The van der Waals surface area contributed by atoms with Gasteiger partial charge in [0.2, 0.25) is 0 Å². The maximum Gasteiger partial charge on any atom is 0.184 e. The fraction of sp³-hybridized carbons (Fsp3) is 0.188. The number of benzene rings is 2. The molecule has 3 aromatic rings. The predicted molar refractivity (Wildman–Crippen MR) is 82.4 cm³/mol. The summed E-state index contributed by atoms with van der Waals surface area (Å²) < 4.78 is 29.7. The fourth-order valence-electron chi connectivity index (χ4n) is 2.57. The average molecular weight is 304 g/mol. The second kappa shape index (κ2) is 5.41. The minimum atomic E-state index is -0.883. The van der Waals surface area contributed by atoms with E-state index in [0.717, 1.165) is 30.2 Å². The van der Waals surface area contributed by atoms with Crippen LogP contribution in [0.4, 0.5) is 8.78 Å². The van der Waals surface area contributed by atoms with E-state index in [4.69, 9.17) is 12.2 Å². The van der Waals surface area contributed by atoms with E-state index in [2.05, 4.69) is 11.9 Å². The average Bonchev–Trinajstić information content (AvgIpc) is 2.81. The number of fused-ring (bicyclic) bond motifs is 1. The van der Waals surface area contributed by atoms with Crippen LogP contribution in [0.25, 0.3) is 16.7 Å². The number of aromatic nitrogens is 2. The van der Waals surface area contributed by atoms with Gasteiger partial charge in [-0.05, 0) is 42.4 Å². The van der Waals surface area contributed by atoms with E-state index in [-0.39, 0.29) is 5.52 Å². The highest BCUT2D eigenvalue weighted by Crippen LogP contribution is 2.26. The smallest absolute Gasteiger partial charge is 0.184 e. The first-order valence-electron chi connectivity index (χ1n) is 6.80. The summed E-state index contributed by atoms with van der Waals surface area (Å²) in [6, 6.07) is 10.3. The van der Waals surface area contributed by atoms with Gasteiger partial charge in [-0.15, -0.1) is 0 Å². The molecule has 5 heteroatoms. The number of aromatic amines is 1. The van der Waals surface area contributed by atoms with E-state index >= 15 is 0 Å². The van der Waals surface area contributed by atoms with Crippen LogP contribution < -0.4 is 0 Å². The number of hydrogen-bond acceptors (Lipinski definition) is 1. The fourth-order valence-corrected chi connectivity index (χ4v) is 2.87. The molecule has 0 spiro atoms. The van der Waals surface area contributed by atoms with Crippen LogP contribution in [0.5, 0.6) is 0 Å². The molecule has 1 aromatic heterocycles. The zero-order valence-corrected chi connectivity index (χ0v) is 12.3. The Labute approximate surface area is 126 Å². The summed E-state index contributed by atoms with van der Waals surface area (Å²) in [5.41, 5.74) is 2.49. The lowest BCUT2D eigenvalue weighted by Crippen LogP contribution is -2.01. The molecular weight excluding hydrogens is 290 g/mol. The van der Waals surface area contributed by atoms with Gasteiger partial charge in [0.25, 0.3) is 0 Å². The first-order chi connectivity index (χ1) is 10.1. The molecule has 2 nitrogen and oxygen atoms in total. The quantitative estimate of drug-likeness (QED) is 0.681. The van der Waals surface area contributed by atoms with E-state index in [1.54, 1.807) is 4.57 Å². The van der Waals surface area contributed by atoms with Gasteiger partial charge in [-0.25, -0.2) is 8.78 Å². The Morgan fingerprint density at radius 2 is 1.90 bits per heavy atom. The largest absolute Gasteiger partial charge is 0.330 e. The Morgan fingerprint density at radius 1 is 1.14 bits per heavy atom. The van der Waals surface area contributed by atoms with Crippen molar-refractivity contribution in [3.05, 3.63) is 58.4 Å². The van der Waals surface area contributed by atoms with Crippen LogP contribution in [0, 0.1) is 16.4 Å². The van der Waals surface area contributed by atoms with Crippen molar-refractivity contribution >= 4 is 23.3 Å². The van der Waals surface area contributed by atoms with E-state index in [9.17, 15) is 8.78 Å². The Hall–Kier alpha value is -2.01. The predicted octanol–water partition coefficient (Wildman–Crippen LogP) is 4.92. The normalized spacial score (nSPS) is 11.2. The summed E-state index contributed by atoms with van der Waals surface area (Å²) in [5, 5.41) is 0. The van der Waals surface area contributed by atoms with Crippen molar-refractivity contribution in [1.82, 2.24) is 9.55 Å². The monoisotopic (exact) mass is 304 g/mol. The highest BCUT2D eigenvalue weighted by molar-refractivity contribution is 7.71. The van der Waals surface area contributed by atoms with Gasteiger partial charge in [0.05, 0.1) is 11.2 Å². The third kappa shape index (κ3) is 2.27. The number of aryl methyl sites for hydroxylation is 1. The van der Waals surface area contributed by atoms with E-state index in [0.29, 0.717) is 10.3 Å². The number of imidazole rings is 1. The first-order valence-corrected chi connectivity index (χ1v) is 7.21. The lowest BCUT2D eigenvalue weighted by Gasteiger charge is -2.11. The number of rotatable bonds is 3. The van der Waals surface area contributed by atoms with Gasteiger partial charge in [0.1, 0.15) is 5.52 Å². The molecule has 0 aliphatic rings. The van der Waals surface area contributed by atoms with Crippen molar-refractivity contribution in [2.75, 3.05) is 0 Å². The summed E-state index contributed by atoms with van der Waals surface area (Å²) in [6.45, 7) is 2.07. The molecule has 0 unspecified atom stereocenters. The molecule has 21 heavy (non-hydrogen) atoms. The van der Waals surface area contributed by atoms with Gasteiger partial charge in [0.15, 0.2) is 16.4 Å². The molecule has 1 heterocycles. The van der Waals surface area contributed by atoms with Crippen molar-refractivity contribution in [2.24, 2.45) is 0 Å². The molecule has 0 amide bonds. The molecule has 2 aromatic carbocycles. The number of nitrogens with one attached hydrogen (secondary N) is 1. The van der Waals surface area contributed by atoms with Crippen molar-refractivity contribution in [1.29, 1.82) is 0 Å². The van der Waals surface area contributed by atoms with Crippen molar-refractivity contribution in [3.63, 3.8) is 0 Å².